The first-order valence-corrected chi connectivity index (χ1v) is 5.68. The van der Waals surface area contributed by atoms with Gasteiger partial charge in [0.05, 0.1) is 0 Å². The summed E-state index contributed by atoms with van der Waals surface area (Å²) < 4.78 is 0. The Balaban J connectivity index is 2.91. The summed E-state index contributed by atoms with van der Waals surface area (Å²) in [7, 11) is 0. The van der Waals surface area contributed by atoms with Crippen LogP contribution in [0, 0.1) is 5.92 Å². The highest BCUT2D eigenvalue weighted by atomic mass is 14.6. The van der Waals surface area contributed by atoms with Crippen LogP contribution in [0.4, 0.5) is 0 Å². The molecule has 0 amide bonds. The largest absolute Gasteiger partial charge is 0.324 e. The normalized spacial score (nSPS) is 14.3. The molecule has 0 heterocycles. The smallest absolute Gasteiger partial charge is 0.0318 e. The first kappa shape index (κ1) is 12.3. The fraction of sp³-hybridized carbons (Fsp3) is 0.571. The molecule has 0 radical (unpaired) electrons. The molecule has 0 spiro atoms. The van der Waals surface area contributed by atoms with Crippen molar-refractivity contribution in [2.75, 3.05) is 0 Å². The molecule has 0 saturated carbocycles. The van der Waals surface area contributed by atoms with Gasteiger partial charge in [-0.15, -0.1) is 0 Å². The fourth-order valence-electron chi connectivity index (χ4n) is 1.59. The maximum atomic E-state index is 6.10. The van der Waals surface area contributed by atoms with Gasteiger partial charge < -0.3 is 5.73 Å². The van der Waals surface area contributed by atoms with Crippen LogP contribution >= 0.6 is 0 Å². The molecule has 1 aromatic rings. The molecule has 1 heteroatoms. The van der Waals surface area contributed by atoms with Crippen molar-refractivity contribution < 1.29 is 0 Å². The Kier molecular flexibility index (Phi) is 3.56. The van der Waals surface area contributed by atoms with E-state index in [-0.39, 0.29) is 11.5 Å². The Morgan fingerprint density at radius 3 is 1.80 bits per heavy atom. The van der Waals surface area contributed by atoms with Crippen molar-refractivity contribution >= 4 is 0 Å². The number of nitrogens with two attached hydrogens (primary N) is 1. The lowest BCUT2D eigenvalue weighted by Gasteiger charge is -2.21. The SMILES string of the molecule is CC(C)C(N)c1ccc(C(C)(C)C)cc1. The third-order valence-electron chi connectivity index (χ3n) is 2.88. The third-order valence-corrected chi connectivity index (χ3v) is 2.88. The van der Waals surface area contributed by atoms with Crippen LogP contribution in [0.3, 0.4) is 0 Å². The number of hydrogen-bond donors (Lipinski definition) is 1. The van der Waals surface area contributed by atoms with Crippen LogP contribution in [-0.2, 0) is 5.41 Å². The van der Waals surface area contributed by atoms with Crippen LogP contribution < -0.4 is 5.73 Å². The summed E-state index contributed by atoms with van der Waals surface area (Å²) in [6, 6.07) is 8.85. The summed E-state index contributed by atoms with van der Waals surface area (Å²) in [5, 5.41) is 0. The lowest BCUT2D eigenvalue weighted by Crippen LogP contribution is -2.17. The van der Waals surface area contributed by atoms with Gasteiger partial charge in [-0.25, -0.2) is 0 Å². The van der Waals surface area contributed by atoms with Crippen molar-refractivity contribution in [3.63, 3.8) is 0 Å². The highest BCUT2D eigenvalue weighted by molar-refractivity contribution is 5.29. The highest BCUT2D eigenvalue weighted by Crippen LogP contribution is 2.25. The molecule has 0 aliphatic heterocycles. The van der Waals surface area contributed by atoms with Crippen LogP contribution in [0.25, 0.3) is 0 Å². The molecule has 1 unspecified atom stereocenters. The Hall–Kier alpha value is -0.820. The zero-order chi connectivity index (χ0) is 11.6. The van der Waals surface area contributed by atoms with Gasteiger partial charge in [-0.3, -0.25) is 0 Å². The standard InChI is InChI=1S/C14H23N/c1-10(2)13(15)11-6-8-12(9-7-11)14(3,4)5/h6-10,13H,15H2,1-5H3. The van der Waals surface area contributed by atoms with E-state index in [1.807, 2.05) is 0 Å². The van der Waals surface area contributed by atoms with E-state index in [4.69, 9.17) is 5.73 Å². The summed E-state index contributed by atoms with van der Waals surface area (Å²) in [6.45, 7) is 11.0. The molecular weight excluding hydrogens is 182 g/mol. The van der Waals surface area contributed by atoms with Crippen LogP contribution in [0.2, 0.25) is 0 Å². The quantitative estimate of drug-likeness (QED) is 0.783. The minimum absolute atomic E-state index is 0.152. The van der Waals surface area contributed by atoms with E-state index in [0.29, 0.717) is 5.92 Å². The first-order valence-electron chi connectivity index (χ1n) is 5.68. The molecule has 1 nitrogen and oxygen atoms in total. The van der Waals surface area contributed by atoms with Crippen molar-refractivity contribution in [1.82, 2.24) is 0 Å². The van der Waals surface area contributed by atoms with E-state index in [9.17, 15) is 0 Å². The van der Waals surface area contributed by atoms with Gasteiger partial charge in [-0.1, -0.05) is 58.9 Å². The molecule has 0 fully saturated rings. The van der Waals surface area contributed by atoms with E-state index >= 15 is 0 Å². The third kappa shape index (κ3) is 3.07. The molecule has 15 heavy (non-hydrogen) atoms. The lowest BCUT2D eigenvalue weighted by molar-refractivity contribution is 0.513. The van der Waals surface area contributed by atoms with Gasteiger partial charge in [0.2, 0.25) is 0 Å². The zero-order valence-corrected chi connectivity index (χ0v) is 10.5. The average molecular weight is 205 g/mol. The lowest BCUT2D eigenvalue weighted by atomic mass is 9.85. The maximum Gasteiger partial charge on any atom is 0.0318 e. The summed E-state index contributed by atoms with van der Waals surface area (Å²) >= 11 is 0. The fourth-order valence-corrected chi connectivity index (χ4v) is 1.59. The maximum absolute atomic E-state index is 6.10. The summed E-state index contributed by atoms with van der Waals surface area (Å²) in [4.78, 5) is 0. The predicted octanol–water partition coefficient (Wildman–Crippen LogP) is 3.64. The van der Waals surface area contributed by atoms with Gasteiger partial charge >= 0.3 is 0 Å². The molecule has 0 aliphatic rings. The molecule has 1 rings (SSSR count). The molecule has 1 aromatic carbocycles. The second kappa shape index (κ2) is 4.36. The van der Waals surface area contributed by atoms with Crippen LogP contribution in [0.15, 0.2) is 24.3 Å². The van der Waals surface area contributed by atoms with Gasteiger partial charge in [0.15, 0.2) is 0 Å². The highest BCUT2D eigenvalue weighted by Gasteiger charge is 2.15. The summed E-state index contributed by atoms with van der Waals surface area (Å²) in [5.41, 5.74) is 8.92. The van der Waals surface area contributed by atoms with Crippen molar-refractivity contribution in [1.29, 1.82) is 0 Å². The van der Waals surface area contributed by atoms with Gasteiger partial charge in [-0.2, -0.15) is 0 Å². The molecule has 0 saturated heterocycles. The van der Waals surface area contributed by atoms with Crippen LogP contribution in [0.5, 0.6) is 0 Å². The van der Waals surface area contributed by atoms with Crippen molar-refractivity contribution in [2.45, 2.75) is 46.1 Å². The molecule has 0 aliphatic carbocycles. The number of benzene rings is 1. The van der Waals surface area contributed by atoms with E-state index in [1.165, 1.54) is 11.1 Å². The summed E-state index contributed by atoms with van der Waals surface area (Å²) in [6.07, 6.45) is 0. The molecule has 1 atom stereocenters. The molecular formula is C14H23N. The minimum atomic E-state index is 0.152. The molecule has 2 N–H and O–H groups in total. The Morgan fingerprint density at radius 1 is 1.00 bits per heavy atom. The van der Waals surface area contributed by atoms with Crippen molar-refractivity contribution in [2.24, 2.45) is 11.7 Å². The monoisotopic (exact) mass is 205 g/mol. The molecule has 0 bridgehead atoms. The Labute approximate surface area is 93.7 Å². The van der Waals surface area contributed by atoms with Gasteiger partial charge in [-0.05, 0) is 22.5 Å². The average Bonchev–Trinajstić information content (AvgIpc) is 2.15. The van der Waals surface area contributed by atoms with Gasteiger partial charge in [0, 0.05) is 6.04 Å². The van der Waals surface area contributed by atoms with Crippen LogP contribution in [0.1, 0.15) is 51.8 Å². The van der Waals surface area contributed by atoms with E-state index in [1.54, 1.807) is 0 Å². The van der Waals surface area contributed by atoms with E-state index in [0.717, 1.165) is 0 Å². The molecule has 84 valence electrons. The minimum Gasteiger partial charge on any atom is -0.324 e. The Morgan fingerprint density at radius 2 is 1.47 bits per heavy atom. The Bertz CT molecular complexity index is 303. The number of rotatable bonds is 2. The van der Waals surface area contributed by atoms with Crippen molar-refractivity contribution in [3.8, 4) is 0 Å². The zero-order valence-electron chi connectivity index (χ0n) is 10.5. The molecule has 0 aromatic heterocycles. The van der Waals surface area contributed by atoms with Crippen LogP contribution in [-0.4, -0.2) is 0 Å². The summed E-state index contributed by atoms with van der Waals surface area (Å²) in [5.74, 6) is 0.491. The second-order valence-corrected chi connectivity index (χ2v) is 5.64. The van der Waals surface area contributed by atoms with Crippen molar-refractivity contribution in [3.05, 3.63) is 35.4 Å². The van der Waals surface area contributed by atoms with Gasteiger partial charge in [0.1, 0.15) is 0 Å². The van der Waals surface area contributed by atoms with E-state index < -0.39 is 0 Å². The second-order valence-electron chi connectivity index (χ2n) is 5.64. The topological polar surface area (TPSA) is 26.0 Å². The van der Waals surface area contributed by atoms with E-state index in [2.05, 4.69) is 58.9 Å². The number of hydrogen-bond acceptors (Lipinski definition) is 1. The van der Waals surface area contributed by atoms with Gasteiger partial charge in [0.25, 0.3) is 0 Å². The predicted molar refractivity (Wildman–Crippen MR) is 66.9 cm³/mol. The first-order chi connectivity index (χ1) is 6.82.